The van der Waals surface area contributed by atoms with E-state index in [1.54, 1.807) is 12.1 Å². The fraction of sp³-hybridized carbons (Fsp3) is 0.111. The van der Waals surface area contributed by atoms with Gasteiger partial charge in [0, 0.05) is 10.0 Å². The second kappa shape index (κ2) is 5.69. The largest absolute Gasteiger partial charge is 0.320 e. The zero-order chi connectivity index (χ0) is 15.0. The van der Waals surface area contributed by atoms with Gasteiger partial charge in [-0.15, -0.1) is 0 Å². The van der Waals surface area contributed by atoms with E-state index in [0.29, 0.717) is 10.0 Å². The van der Waals surface area contributed by atoms with Crippen molar-refractivity contribution in [3.8, 4) is 0 Å². The van der Waals surface area contributed by atoms with E-state index in [-0.39, 0.29) is 6.04 Å². The minimum absolute atomic E-state index is 0.304. The molecule has 3 rings (SSSR count). The SMILES string of the molecule is Cc1ccc(C(N)c2cc(Cl)ccc2Cl)c2ccccc12. The van der Waals surface area contributed by atoms with E-state index < -0.39 is 0 Å². The minimum Gasteiger partial charge on any atom is -0.320 e. The van der Waals surface area contributed by atoms with Crippen LogP contribution in [0.2, 0.25) is 10.0 Å². The van der Waals surface area contributed by atoms with Crippen LogP contribution in [-0.2, 0) is 0 Å². The fourth-order valence-electron chi connectivity index (χ4n) is 2.66. The Labute approximate surface area is 134 Å². The fourth-order valence-corrected chi connectivity index (χ4v) is 3.08. The Morgan fingerprint density at radius 1 is 0.857 bits per heavy atom. The van der Waals surface area contributed by atoms with E-state index in [0.717, 1.165) is 16.5 Å². The molecule has 0 aliphatic rings. The molecule has 106 valence electrons. The van der Waals surface area contributed by atoms with Gasteiger partial charge in [-0.3, -0.25) is 0 Å². The molecule has 0 bridgehead atoms. The number of halogens is 2. The first-order valence-corrected chi connectivity index (χ1v) is 7.52. The highest BCUT2D eigenvalue weighted by molar-refractivity contribution is 6.33. The Balaban J connectivity index is 2.20. The molecule has 0 radical (unpaired) electrons. The molecule has 21 heavy (non-hydrogen) atoms. The summed E-state index contributed by atoms with van der Waals surface area (Å²) in [6, 6.07) is 17.5. The second-order valence-corrected chi connectivity index (χ2v) is 6.00. The molecule has 0 fully saturated rings. The van der Waals surface area contributed by atoms with Crippen molar-refractivity contribution >= 4 is 34.0 Å². The van der Waals surface area contributed by atoms with Crippen molar-refractivity contribution in [2.24, 2.45) is 5.73 Å². The van der Waals surface area contributed by atoms with E-state index in [1.165, 1.54) is 10.9 Å². The lowest BCUT2D eigenvalue weighted by atomic mass is 9.92. The molecule has 3 aromatic rings. The lowest BCUT2D eigenvalue weighted by Gasteiger charge is -2.18. The molecular weight excluding hydrogens is 301 g/mol. The zero-order valence-corrected chi connectivity index (χ0v) is 13.1. The van der Waals surface area contributed by atoms with Crippen molar-refractivity contribution in [3.63, 3.8) is 0 Å². The number of nitrogens with two attached hydrogens (primary N) is 1. The summed E-state index contributed by atoms with van der Waals surface area (Å²) < 4.78 is 0. The minimum atomic E-state index is -0.304. The van der Waals surface area contributed by atoms with Gasteiger partial charge >= 0.3 is 0 Å². The van der Waals surface area contributed by atoms with Gasteiger partial charge in [0.2, 0.25) is 0 Å². The quantitative estimate of drug-likeness (QED) is 0.663. The molecule has 0 saturated heterocycles. The van der Waals surface area contributed by atoms with E-state index in [9.17, 15) is 0 Å². The van der Waals surface area contributed by atoms with Crippen molar-refractivity contribution < 1.29 is 0 Å². The highest BCUT2D eigenvalue weighted by atomic mass is 35.5. The van der Waals surface area contributed by atoms with Gasteiger partial charge in [-0.2, -0.15) is 0 Å². The van der Waals surface area contributed by atoms with Crippen LogP contribution in [-0.4, -0.2) is 0 Å². The van der Waals surface area contributed by atoms with Crippen LogP contribution in [0.25, 0.3) is 10.8 Å². The number of aryl methyl sites for hydroxylation is 1. The normalized spacial score (nSPS) is 12.6. The highest BCUT2D eigenvalue weighted by Crippen LogP contribution is 2.33. The highest BCUT2D eigenvalue weighted by Gasteiger charge is 2.16. The Morgan fingerprint density at radius 3 is 2.33 bits per heavy atom. The summed E-state index contributed by atoms with van der Waals surface area (Å²) in [4.78, 5) is 0. The zero-order valence-electron chi connectivity index (χ0n) is 11.6. The molecule has 1 unspecified atom stereocenters. The predicted molar refractivity (Wildman–Crippen MR) is 91.2 cm³/mol. The van der Waals surface area contributed by atoms with Crippen molar-refractivity contribution in [3.05, 3.63) is 81.3 Å². The van der Waals surface area contributed by atoms with Gasteiger partial charge in [0.25, 0.3) is 0 Å². The molecule has 0 aliphatic heterocycles. The molecule has 3 aromatic carbocycles. The van der Waals surface area contributed by atoms with Crippen LogP contribution in [0.1, 0.15) is 22.7 Å². The van der Waals surface area contributed by atoms with Gasteiger partial charge in [0.1, 0.15) is 0 Å². The summed E-state index contributed by atoms with van der Waals surface area (Å²) in [5, 5.41) is 3.64. The summed E-state index contributed by atoms with van der Waals surface area (Å²) in [6.07, 6.45) is 0. The van der Waals surface area contributed by atoms with E-state index >= 15 is 0 Å². The molecule has 3 heteroatoms. The predicted octanol–water partition coefficient (Wildman–Crippen LogP) is 5.50. The van der Waals surface area contributed by atoms with E-state index in [1.807, 2.05) is 18.2 Å². The van der Waals surface area contributed by atoms with Gasteiger partial charge in [0.05, 0.1) is 6.04 Å². The van der Waals surface area contributed by atoms with Crippen molar-refractivity contribution in [2.45, 2.75) is 13.0 Å². The Hall–Kier alpha value is -1.54. The van der Waals surface area contributed by atoms with Gasteiger partial charge in [0.15, 0.2) is 0 Å². The second-order valence-electron chi connectivity index (χ2n) is 5.16. The van der Waals surface area contributed by atoms with Crippen LogP contribution in [0.5, 0.6) is 0 Å². The first-order valence-electron chi connectivity index (χ1n) is 6.76. The molecule has 0 heterocycles. The number of hydrogen-bond acceptors (Lipinski definition) is 1. The van der Waals surface area contributed by atoms with Gasteiger partial charge < -0.3 is 5.73 Å². The maximum atomic E-state index is 6.46. The third-order valence-corrected chi connectivity index (χ3v) is 4.38. The molecule has 0 spiro atoms. The van der Waals surface area contributed by atoms with E-state index in [2.05, 4.69) is 31.2 Å². The average Bonchev–Trinajstić information content (AvgIpc) is 2.50. The van der Waals surface area contributed by atoms with Crippen LogP contribution in [0.15, 0.2) is 54.6 Å². The first-order chi connectivity index (χ1) is 10.1. The molecule has 1 nitrogen and oxygen atoms in total. The number of rotatable bonds is 2. The molecule has 2 N–H and O–H groups in total. The van der Waals surface area contributed by atoms with Crippen LogP contribution >= 0.6 is 23.2 Å². The molecule has 0 aliphatic carbocycles. The summed E-state index contributed by atoms with van der Waals surface area (Å²) in [5.41, 5.74) is 9.60. The van der Waals surface area contributed by atoms with Crippen molar-refractivity contribution in [1.29, 1.82) is 0 Å². The van der Waals surface area contributed by atoms with Crippen LogP contribution in [0.3, 0.4) is 0 Å². The molecule has 0 amide bonds. The molecule has 0 aromatic heterocycles. The van der Waals surface area contributed by atoms with Gasteiger partial charge in [-0.05, 0) is 52.6 Å². The lowest BCUT2D eigenvalue weighted by molar-refractivity contribution is 0.881. The third kappa shape index (κ3) is 2.65. The van der Waals surface area contributed by atoms with Crippen molar-refractivity contribution in [1.82, 2.24) is 0 Å². The Morgan fingerprint density at radius 2 is 1.57 bits per heavy atom. The smallest absolute Gasteiger partial charge is 0.0573 e. The summed E-state index contributed by atoms with van der Waals surface area (Å²) in [7, 11) is 0. The van der Waals surface area contributed by atoms with Gasteiger partial charge in [-0.1, -0.05) is 59.6 Å². The Bertz CT molecular complexity index is 811. The summed E-state index contributed by atoms with van der Waals surface area (Å²) >= 11 is 12.4. The first kappa shape index (κ1) is 14.4. The topological polar surface area (TPSA) is 26.0 Å². The summed E-state index contributed by atoms with van der Waals surface area (Å²) in [5.74, 6) is 0. The monoisotopic (exact) mass is 315 g/mol. The standard InChI is InChI=1S/C18H15Cl2N/c1-11-6-8-15(14-5-3-2-4-13(11)14)18(21)16-10-12(19)7-9-17(16)20/h2-10,18H,21H2,1H3. The third-order valence-electron chi connectivity index (χ3n) is 3.80. The van der Waals surface area contributed by atoms with Gasteiger partial charge in [-0.25, -0.2) is 0 Å². The Kier molecular flexibility index (Phi) is 3.90. The number of fused-ring (bicyclic) bond motifs is 1. The summed E-state index contributed by atoms with van der Waals surface area (Å²) in [6.45, 7) is 2.10. The molecular formula is C18H15Cl2N. The molecule has 1 atom stereocenters. The van der Waals surface area contributed by atoms with Crippen LogP contribution < -0.4 is 5.73 Å². The average molecular weight is 316 g/mol. The van der Waals surface area contributed by atoms with Crippen molar-refractivity contribution in [2.75, 3.05) is 0 Å². The maximum Gasteiger partial charge on any atom is 0.0573 e. The number of benzene rings is 3. The molecule has 0 saturated carbocycles. The lowest BCUT2D eigenvalue weighted by Crippen LogP contribution is -2.13. The number of hydrogen-bond donors (Lipinski definition) is 1. The van der Waals surface area contributed by atoms with Crippen LogP contribution in [0.4, 0.5) is 0 Å². The maximum absolute atomic E-state index is 6.46. The van der Waals surface area contributed by atoms with Crippen LogP contribution in [0, 0.1) is 6.92 Å². The van der Waals surface area contributed by atoms with E-state index in [4.69, 9.17) is 28.9 Å².